The van der Waals surface area contributed by atoms with Crippen molar-refractivity contribution >= 4 is 11.8 Å². The van der Waals surface area contributed by atoms with Crippen LogP contribution in [0.15, 0.2) is 65.5 Å². The fourth-order valence-corrected chi connectivity index (χ4v) is 4.24. The molecular weight excluding hydrogens is 384 g/mol. The van der Waals surface area contributed by atoms with Gasteiger partial charge in [-0.15, -0.1) is 0 Å². The van der Waals surface area contributed by atoms with Gasteiger partial charge in [-0.1, -0.05) is 36.9 Å². The van der Waals surface area contributed by atoms with Crippen LogP contribution in [0.25, 0.3) is 0 Å². The number of allylic oxidation sites excluding steroid dienone is 4. The summed E-state index contributed by atoms with van der Waals surface area (Å²) < 4.78 is 11.7. The molecule has 0 unspecified atom stereocenters. The topological polar surface area (TPSA) is 50.7 Å². The first kappa shape index (κ1) is 20.0. The van der Waals surface area contributed by atoms with Crippen LogP contribution >= 0.6 is 11.8 Å². The van der Waals surface area contributed by atoms with Crippen molar-refractivity contribution in [2.45, 2.75) is 31.3 Å². The summed E-state index contributed by atoms with van der Waals surface area (Å²) in [6.07, 6.45) is 16.7. The Morgan fingerprint density at radius 1 is 1.07 bits per heavy atom. The van der Waals surface area contributed by atoms with Crippen LogP contribution in [0.3, 0.4) is 0 Å². The van der Waals surface area contributed by atoms with Gasteiger partial charge in [0, 0.05) is 50.9 Å². The van der Waals surface area contributed by atoms with Gasteiger partial charge in [-0.2, -0.15) is 0 Å². The quantitative estimate of drug-likeness (QED) is 0.500. The molecule has 0 N–H and O–H groups in total. The van der Waals surface area contributed by atoms with Gasteiger partial charge in [-0.25, -0.2) is 9.97 Å². The zero-order valence-electron chi connectivity index (χ0n) is 16.9. The fourth-order valence-electron chi connectivity index (χ4n) is 3.45. The summed E-state index contributed by atoms with van der Waals surface area (Å²) in [4.78, 5) is 13.6. The number of aromatic nitrogens is 2. The lowest BCUT2D eigenvalue weighted by Crippen LogP contribution is -2.46. The molecule has 0 bridgehead atoms. The van der Waals surface area contributed by atoms with Crippen LogP contribution < -0.4 is 0 Å². The average molecular weight is 413 g/mol. The van der Waals surface area contributed by atoms with E-state index < -0.39 is 0 Å². The maximum Gasteiger partial charge on any atom is 0.231 e. The molecule has 0 atom stereocenters. The van der Waals surface area contributed by atoms with Gasteiger partial charge in [0.05, 0.1) is 0 Å². The Morgan fingerprint density at radius 3 is 2.55 bits per heavy atom. The van der Waals surface area contributed by atoms with Gasteiger partial charge < -0.3 is 14.4 Å². The zero-order valence-corrected chi connectivity index (χ0v) is 17.7. The van der Waals surface area contributed by atoms with E-state index in [2.05, 4.69) is 44.9 Å². The minimum Gasteiger partial charge on any atom is -0.456 e. The van der Waals surface area contributed by atoms with E-state index in [1.54, 1.807) is 24.3 Å². The molecule has 1 aromatic rings. The largest absolute Gasteiger partial charge is 0.456 e. The first-order valence-electron chi connectivity index (χ1n) is 10.3. The molecule has 1 aromatic heterocycles. The maximum atomic E-state index is 5.87. The van der Waals surface area contributed by atoms with E-state index in [-0.39, 0.29) is 0 Å². The molecule has 0 amide bonds. The molecule has 4 rings (SSSR count). The molecular formula is C22H28N4O2S. The summed E-state index contributed by atoms with van der Waals surface area (Å²) in [7, 11) is 0. The van der Waals surface area contributed by atoms with E-state index in [9.17, 15) is 0 Å². The SMILES string of the molecule is CCc1cnc(SCCN2CCN(C3=COC(C4=CC=CCC4)=CO3)CC2)nc1. The molecule has 3 aliphatic rings. The van der Waals surface area contributed by atoms with Crippen LogP contribution in [0, 0.1) is 0 Å². The minimum atomic E-state index is 0.805. The van der Waals surface area contributed by atoms with Crippen molar-refractivity contribution in [1.82, 2.24) is 19.8 Å². The summed E-state index contributed by atoms with van der Waals surface area (Å²) in [5.74, 6) is 2.63. The first-order chi connectivity index (χ1) is 14.3. The van der Waals surface area contributed by atoms with Crippen LogP contribution in [0.1, 0.15) is 25.3 Å². The highest BCUT2D eigenvalue weighted by Gasteiger charge is 2.22. The van der Waals surface area contributed by atoms with E-state index in [4.69, 9.17) is 9.47 Å². The van der Waals surface area contributed by atoms with Crippen molar-refractivity contribution in [3.05, 3.63) is 65.9 Å². The van der Waals surface area contributed by atoms with Crippen molar-refractivity contribution in [3.8, 4) is 0 Å². The highest BCUT2D eigenvalue weighted by molar-refractivity contribution is 7.99. The summed E-state index contributed by atoms with van der Waals surface area (Å²) in [6.45, 7) is 7.07. The van der Waals surface area contributed by atoms with Crippen molar-refractivity contribution < 1.29 is 9.47 Å². The monoisotopic (exact) mass is 412 g/mol. The van der Waals surface area contributed by atoms with Gasteiger partial charge >= 0.3 is 0 Å². The third-order valence-corrected chi connectivity index (χ3v) is 6.17. The van der Waals surface area contributed by atoms with Gasteiger partial charge in [0.1, 0.15) is 6.26 Å². The van der Waals surface area contributed by atoms with E-state index in [0.29, 0.717) is 0 Å². The second kappa shape index (κ2) is 9.98. The van der Waals surface area contributed by atoms with E-state index in [0.717, 1.165) is 74.5 Å². The van der Waals surface area contributed by atoms with E-state index >= 15 is 0 Å². The molecule has 29 heavy (non-hydrogen) atoms. The van der Waals surface area contributed by atoms with Crippen LogP contribution in [0.4, 0.5) is 0 Å². The highest BCUT2D eigenvalue weighted by atomic mass is 32.2. The normalized spacial score (nSPS) is 19.8. The molecule has 3 heterocycles. The van der Waals surface area contributed by atoms with E-state index in [1.165, 1.54) is 11.1 Å². The van der Waals surface area contributed by atoms with Crippen molar-refractivity contribution in [3.63, 3.8) is 0 Å². The lowest BCUT2D eigenvalue weighted by molar-refractivity contribution is 0.0872. The van der Waals surface area contributed by atoms with Crippen LogP contribution in [-0.4, -0.2) is 58.2 Å². The Morgan fingerprint density at radius 2 is 1.90 bits per heavy atom. The average Bonchev–Trinajstić information content (AvgIpc) is 2.81. The molecule has 0 radical (unpaired) electrons. The minimum absolute atomic E-state index is 0.805. The summed E-state index contributed by atoms with van der Waals surface area (Å²) in [6, 6.07) is 0. The summed E-state index contributed by atoms with van der Waals surface area (Å²) >= 11 is 1.72. The lowest BCUT2D eigenvalue weighted by Gasteiger charge is -2.36. The number of piperazine rings is 1. The fraction of sp³-hybridized carbons (Fsp3) is 0.455. The predicted molar refractivity (Wildman–Crippen MR) is 115 cm³/mol. The highest BCUT2D eigenvalue weighted by Crippen LogP contribution is 2.26. The Hall–Kier alpha value is -2.25. The number of thioether (sulfide) groups is 1. The van der Waals surface area contributed by atoms with Crippen LogP contribution in [-0.2, 0) is 15.9 Å². The van der Waals surface area contributed by atoms with Gasteiger partial charge in [-0.05, 0) is 30.4 Å². The van der Waals surface area contributed by atoms with Crippen LogP contribution in [0.2, 0.25) is 0 Å². The molecule has 1 aliphatic carbocycles. The number of hydrogen-bond acceptors (Lipinski definition) is 7. The summed E-state index contributed by atoms with van der Waals surface area (Å²) in [5.41, 5.74) is 2.38. The van der Waals surface area contributed by atoms with Crippen molar-refractivity contribution in [2.75, 3.05) is 38.5 Å². The first-order valence-corrected chi connectivity index (χ1v) is 11.3. The smallest absolute Gasteiger partial charge is 0.231 e. The molecule has 0 aromatic carbocycles. The molecule has 2 aliphatic heterocycles. The second-order valence-corrected chi connectivity index (χ2v) is 8.30. The molecule has 0 saturated carbocycles. The third kappa shape index (κ3) is 5.42. The number of rotatable bonds is 7. The summed E-state index contributed by atoms with van der Waals surface area (Å²) in [5, 5.41) is 0.866. The molecule has 7 heteroatoms. The number of aryl methyl sites for hydroxylation is 1. The van der Waals surface area contributed by atoms with Gasteiger partial charge in [-0.3, -0.25) is 4.90 Å². The third-order valence-electron chi connectivity index (χ3n) is 5.32. The second-order valence-electron chi connectivity index (χ2n) is 7.24. The number of nitrogens with zero attached hydrogens (tertiary/aromatic N) is 4. The zero-order chi connectivity index (χ0) is 19.9. The van der Waals surface area contributed by atoms with Crippen molar-refractivity contribution in [2.24, 2.45) is 0 Å². The number of hydrogen-bond donors (Lipinski definition) is 0. The molecule has 0 spiro atoms. The van der Waals surface area contributed by atoms with E-state index in [1.807, 2.05) is 12.4 Å². The van der Waals surface area contributed by atoms with Crippen molar-refractivity contribution in [1.29, 1.82) is 0 Å². The molecule has 6 nitrogen and oxygen atoms in total. The Bertz CT molecular complexity index is 809. The maximum absolute atomic E-state index is 5.87. The predicted octanol–water partition coefficient (Wildman–Crippen LogP) is 3.71. The Balaban J connectivity index is 1.17. The Kier molecular flexibility index (Phi) is 6.90. The van der Waals surface area contributed by atoms with Gasteiger partial charge in [0.2, 0.25) is 5.88 Å². The standard InChI is InChI=1S/C22H28N4O2S/c1-2-18-14-23-22(24-15-18)29-13-12-25-8-10-26(11-9-25)21-17-27-20(16-28-21)19-6-4-3-5-7-19/h3-4,6,14-17H,2,5,7-13H2,1H3. The number of ether oxygens (including phenoxy) is 2. The Labute approximate surface area is 177 Å². The van der Waals surface area contributed by atoms with Crippen LogP contribution in [0.5, 0.6) is 0 Å². The molecule has 1 saturated heterocycles. The van der Waals surface area contributed by atoms with Gasteiger partial charge in [0.25, 0.3) is 0 Å². The van der Waals surface area contributed by atoms with Gasteiger partial charge in [0.15, 0.2) is 17.2 Å². The lowest BCUT2D eigenvalue weighted by atomic mass is 10.0. The molecule has 154 valence electrons. The molecule has 1 fully saturated rings.